The van der Waals surface area contributed by atoms with E-state index in [-0.39, 0.29) is 23.3 Å². The van der Waals surface area contributed by atoms with E-state index in [0.29, 0.717) is 11.8 Å². The second-order valence-electron chi connectivity index (χ2n) is 10.2. The summed E-state index contributed by atoms with van der Waals surface area (Å²) >= 11 is 0. The van der Waals surface area contributed by atoms with Crippen molar-refractivity contribution in [1.29, 1.82) is 0 Å². The summed E-state index contributed by atoms with van der Waals surface area (Å²) in [5.74, 6) is 0.309. The van der Waals surface area contributed by atoms with Gasteiger partial charge in [-0.05, 0) is 72.6 Å². The molecular weight excluding hydrogens is 362 g/mol. The fourth-order valence-corrected chi connectivity index (χ4v) is 5.42. The number of aromatic nitrogens is 1. The molecule has 2 aromatic rings. The van der Waals surface area contributed by atoms with Crippen molar-refractivity contribution in [3.05, 3.63) is 36.0 Å². The number of phenols is 1. The van der Waals surface area contributed by atoms with Crippen LogP contribution < -0.4 is 16.2 Å². The highest BCUT2D eigenvalue weighted by atomic mass is 16.3. The molecule has 1 aromatic heterocycles. The highest BCUT2D eigenvalue weighted by molar-refractivity contribution is 5.81. The molecule has 0 amide bonds. The summed E-state index contributed by atoms with van der Waals surface area (Å²) < 4.78 is 0. The van der Waals surface area contributed by atoms with Gasteiger partial charge in [-0.3, -0.25) is 9.88 Å². The number of fused-ring (bicyclic) bond motifs is 1. The second kappa shape index (κ2) is 7.51. The normalized spacial score (nSPS) is 27.4. The molecule has 2 aliphatic rings. The van der Waals surface area contributed by atoms with Crippen molar-refractivity contribution in [1.82, 2.24) is 26.1 Å². The molecule has 0 radical (unpaired) electrons. The van der Waals surface area contributed by atoms with Gasteiger partial charge in [-0.1, -0.05) is 6.07 Å². The largest absolute Gasteiger partial charge is 0.508 e. The van der Waals surface area contributed by atoms with E-state index in [1.807, 2.05) is 12.1 Å². The molecule has 6 nitrogen and oxygen atoms in total. The number of hydrogen-bond donors (Lipinski definition) is 4. The number of rotatable bonds is 3. The minimum atomic E-state index is 0.0881. The van der Waals surface area contributed by atoms with Gasteiger partial charge in [-0.15, -0.1) is 0 Å². The first-order valence-corrected chi connectivity index (χ1v) is 10.7. The van der Waals surface area contributed by atoms with Gasteiger partial charge in [-0.2, -0.15) is 0 Å². The molecule has 2 fully saturated rings. The fraction of sp³-hybridized carbons (Fsp3) is 0.609. The van der Waals surface area contributed by atoms with E-state index in [1.165, 1.54) is 0 Å². The number of nitrogens with zero attached hydrogens (tertiary/aromatic N) is 2. The molecule has 0 saturated carbocycles. The van der Waals surface area contributed by atoms with Crippen molar-refractivity contribution in [3.8, 4) is 5.75 Å². The molecule has 2 saturated heterocycles. The van der Waals surface area contributed by atoms with Gasteiger partial charge in [0.15, 0.2) is 0 Å². The lowest BCUT2D eigenvalue weighted by Gasteiger charge is -2.51. The number of hydrazine groups is 1. The maximum atomic E-state index is 10.5. The van der Waals surface area contributed by atoms with Crippen LogP contribution in [0, 0.1) is 0 Å². The van der Waals surface area contributed by atoms with Crippen LogP contribution in [0.1, 0.15) is 65.0 Å². The number of piperidine rings is 1. The number of aromatic hydroxyl groups is 1. The minimum absolute atomic E-state index is 0.0881. The van der Waals surface area contributed by atoms with E-state index in [0.717, 1.165) is 42.1 Å². The van der Waals surface area contributed by atoms with Crippen molar-refractivity contribution in [2.45, 2.75) is 82.7 Å². The van der Waals surface area contributed by atoms with Gasteiger partial charge in [0, 0.05) is 40.3 Å². The highest BCUT2D eigenvalue weighted by Gasteiger charge is 2.41. The van der Waals surface area contributed by atoms with Gasteiger partial charge < -0.3 is 10.4 Å². The topological polar surface area (TPSA) is 72.5 Å². The number of nitrogens with one attached hydrogen (secondary N) is 3. The average Bonchev–Trinajstić information content (AvgIpc) is 2.64. The van der Waals surface area contributed by atoms with E-state index in [2.05, 4.69) is 66.9 Å². The quantitative estimate of drug-likeness (QED) is 0.636. The molecule has 4 rings (SSSR count). The van der Waals surface area contributed by atoms with Crippen molar-refractivity contribution in [2.24, 2.45) is 0 Å². The van der Waals surface area contributed by atoms with Crippen LogP contribution in [0.4, 0.5) is 0 Å². The van der Waals surface area contributed by atoms with Gasteiger partial charge in [0.1, 0.15) is 5.75 Å². The fourth-order valence-electron chi connectivity index (χ4n) is 5.42. The summed E-state index contributed by atoms with van der Waals surface area (Å²) in [4.78, 5) is 6.83. The average molecular weight is 398 g/mol. The number of hydrogen-bond acceptors (Lipinski definition) is 6. The van der Waals surface area contributed by atoms with Crippen LogP contribution in [0.25, 0.3) is 10.9 Å². The molecule has 4 N–H and O–H groups in total. The minimum Gasteiger partial charge on any atom is -0.508 e. The van der Waals surface area contributed by atoms with Crippen LogP contribution >= 0.6 is 0 Å². The lowest BCUT2D eigenvalue weighted by Crippen LogP contribution is -2.65. The lowest BCUT2D eigenvalue weighted by molar-refractivity contribution is 0.0253. The molecule has 3 heterocycles. The monoisotopic (exact) mass is 397 g/mol. The number of phenolic OH excluding ortho intramolecular Hbond substituents is 1. The standard InChI is InChI=1S/C23H35N5O/c1-22(2)13-16(14-23(3,4)27-22)28(5)21-9-8-18(25-26-21)17-11-15-7-6-10-24-19(15)12-20(17)29/h6-7,10-12,16,18,21,25-27,29H,8-9,13-14H2,1-5H3. The summed E-state index contributed by atoms with van der Waals surface area (Å²) in [7, 11) is 2.24. The first kappa shape index (κ1) is 20.5. The zero-order valence-electron chi connectivity index (χ0n) is 18.3. The van der Waals surface area contributed by atoms with Crippen LogP contribution in [-0.2, 0) is 0 Å². The Labute approximate surface area is 174 Å². The smallest absolute Gasteiger partial charge is 0.122 e. The Morgan fingerprint density at radius 1 is 1.07 bits per heavy atom. The predicted molar refractivity (Wildman–Crippen MR) is 118 cm³/mol. The van der Waals surface area contributed by atoms with E-state index < -0.39 is 0 Å². The molecule has 2 aliphatic heterocycles. The third kappa shape index (κ3) is 4.40. The van der Waals surface area contributed by atoms with E-state index >= 15 is 0 Å². The van der Waals surface area contributed by atoms with Gasteiger partial charge in [0.2, 0.25) is 0 Å². The maximum absolute atomic E-state index is 10.5. The van der Waals surface area contributed by atoms with E-state index in [4.69, 9.17) is 0 Å². The lowest BCUT2D eigenvalue weighted by atomic mass is 9.79. The van der Waals surface area contributed by atoms with Crippen molar-refractivity contribution >= 4 is 10.9 Å². The van der Waals surface area contributed by atoms with Gasteiger partial charge in [0.05, 0.1) is 17.7 Å². The Hall–Kier alpha value is -1.73. The predicted octanol–water partition coefficient (Wildman–Crippen LogP) is 3.44. The van der Waals surface area contributed by atoms with Crippen LogP contribution in [0.5, 0.6) is 5.75 Å². The van der Waals surface area contributed by atoms with Crippen molar-refractivity contribution in [3.63, 3.8) is 0 Å². The summed E-state index contributed by atoms with van der Waals surface area (Å²) in [6, 6.07) is 8.41. The van der Waals surface area contributed by atoms with E-state index in [1.54, 1.807) is 12.3 Å². The molecule has 158 valence electrons. The zero-order chi connectivity index (χ0) is 20.8. The summed E-state index contributed by atoms with van der Waals surface area (Å²) in [5, 5.41) is 15.4. The Balaban J connectivity index is 1.44. The highest BCUT2D eigenvalue weighted by Crippen LogP contribution is 2.35. The Morgan fingerprint density at radius 3 is 2.45 bits per heavy atom. The van der Waals surface area contributed by atoms with Crippen LogP contribution in [0.2, 0.25) is 0 Å². The van der Waals surface area contributed by atoms with Gasteiger partial charge >= 0.3 is 0 Å². The van der Waals surface area contributed by atoms with E-state index in [9.17, 15) is 5.11 Å². The molecule has 0 spiro atoms. The number of benzene rings is 1. The Kier molecular flexibility index (Phi) is 5.32. The molecule has 2 atom stereocenters. The molecule has 1 aromatic carbocycles. The Morgan fingerprint density at radius 2 is 1.79 bits per heavy atom. The van der Waals surface area contributed by atoms with Crippen LogP contribution in [-0.4, -0.2) is 45.3 Å². The molecule has 6 heteroatoms. The maximum Gasteiger partial charge on any atom is 0.122 e. The SMILES string of the molecule is CN(C1CC(C)(C)NC(C)(C)C1)C1CCC(c2cc3cccnc3cc2O)NN1. The molecule has 0 aliphatic carbocycles. The molecule has 0 bridgehead atoms. The first-order valence-electron chi connectivity index (χ1n) is 10.7. The zero-order valence-corrected chi connectivity index (χ0v) is 18.3. The van der Waals surface area contributed by atoms with Crippen LogP contribution in [0.15, 0.2) is 30.5 Å². The third-order valence-electron chi connectivity index (χ3n) is 6.52. The summed E-state index contributed by atoms with van der Waals surface area (Å²) in [5.41, 5.74) is 9.02. The summed E-state index contributed by atoms with van der Waals surface area (Å²) in [6.07, 6.45) is 6.30. The van der Waals surface area contributed by atoms with Crippen molar-refractivity contribution < 1.29 is 5.11 Å². The molecule has 2 unspecified atom stereocenters. The summed E-state index contributed by atoms with van der Waals surface area (Å²) in [6.45, 7) is 9.20. The number of pyridine rings is 1. The first-order chi connectivity index (χ1) is 13.6. The Bertz CT molecular complexity index is 857. The molecular formula is C23H35N5O. The van der Waals surface area contributed by atoms with Gasteiger partial charge in [-0.25, -0.2) is 10.9 Å². The van der Waals surface area contributed by atoms with Gasteiger partial charge in [0.25, 0.3) is 0 Å². The van der Waals surface area contributed by atoms with Crippen LogP contribution in [0.3, 0.4) is 0 Å². The molecule has 29 heavy (non-hydrogen) atoms. The third-order valence-corrected chi connectivity index (χ3v) is 6.52. The van der Waals surface area contributed by atoms with Crippen molar-refractivity contribution in [2.75, 3.05) is 7.05 Å². The second-order valence-corrected chi connectivity index (χ2v) is 10.2.